The van der Waals surface area contributed by atoms with Gasteiger partial charge >= 0.3 is 0 Å². The molecule has 0 amide bonds. The van der Waals surface area contributed by atoms with Crippen LogP contribution in [0.3, 0.4) is 0 Å². The van der Waals surface area contributed by atoms with Gasteiger partial charge in [-0.3, -0.25) is 4.90 Å². The number of fused-ring (bicyclic) bond motifs is 3. The highest BCUT2D eigenvalue weighted by molar-refractivity contribution is 6.30. The summed E-state index contributed by atoms with van der Waals surface area (Å²) < 4.78 is 28.7. The molecule has 0 aromatic carbocycles. The Morgan fingerprint density at radius 3 is 2.85 bits per heavy atom. The fourth-order valence-electron chi connectivity index (χ4n) is 3.14. The molecule has 110 valence electrons. The molecular weight excluding hydrogens is 284 g/mol. The number of rotatable bonds is 1. The lowest BCUT2D eigenvalue weighted by Crippen LogP contribution is -2.58. The number of hydrogen-bond donors (Lipinski definition) is 0. The highest BCUT2D eigenvalue weighted by Gasteiger charge is 2.47. The van der Waals surface area contributed by atoms with Crippen LogP contribution in [0.1, 0.15) is 25.8 Å². The summed E-state index contributed by atoms with van der Waals surface area (Å²) in [5, 5.41) is 0.266. The van der Waals surface area contributed by atoms with Gasteiger partial charge in [0.15, 0.2) is 0 Å². The summed E-state index contributed by atoms with van der Waals surface area (Å²) in [6, 6.07) is 1.56. The zero-order chi connectivity index (χ0) is 14.5. The summed E-state index contributed by atoms with van der Waals surface area (Å²) in [7, 11) is 0. The van der Waals surface area contributed by atoms with E-state index in [2.05, 4.69) is 23.7 Å². The molecule has 1 aromatic rings. The number of aromatic nitrogens is 1. The van der Waals surface area contributed by atoms with Gasteiger partial charge in [0.2, 0.25) is 0 Å². The Bertz CT molecular complexity index is 521. The number of pyridine rings is 1. The smallest absolute Gasteiger partial charge is 0.278 e. The van der Waals surface area contributed by atoms with Gasteiger partial charge in [-0.05, 0) is 19.9 Å². The van der Waals surface area contributed by atoms with E-state index in [1.165, 1.54) is 12.3 Å². The molecule has 1 saturated heterocycles. The first kappa shape index (κ1) is 14.0. The molecular formula is C14H18ClF2N3. The minimum atomic E-state index is -2.85. The number of piperazine rings is 1. The van der Waals surface area contributed by atoms with Crippen LogP contribution < -0.4 is 4.90 Å². The lowest BCUT2D eigenvalue weighted by atomic mass is 9.92. The van der Waals surface area contributed by atoms with Crippen LogP contribution in [0.5, 0.6) is 0 Å². The molecule has 20 heavy (non-hydrogen) atoms. The number of alkyl halides is 2. The average molecular weight is 302 g/mol. The van der Waals surface area contributed by atoms with Gasteiger partial charge in [-0.15, -0.1) is 0 Å². The maximum absolute atomic E-state index is 14.3. The predicted molar refractivity (Wildman–Crippen MR) is 75.6 cm³/mol. The van der Waals surface area contributed by atoms with Crippen LogP contribution in [0, 0.1) is 0 Å². The van der Waals surface area contributed by atoms with Gasteiger partial charge < -0.3 is 4.90 Å². The number of nitrogens with zero attached hydrogens (tertiary/aromatic N) is 3. The molecule has 3 rings (SSSR count). The maximum Gasteiger partial charge on any atom is 0.278 e. The standard InChI is InChI=1S/C14H18ClF2N3/c1-9(2)19-3-4-20-11(8-19)6-14(16,17)12-5-10(15)7-18-13(12)20/h5,7,9,11H,3-4,6,8H2,1-2H3/t11-/m0/s1. The Morgan fingerprint density at radius 2 is 2.15 bits per heavy atom. The molecule has 6 heteroatoms. The molecule has 3 heterocycles. The predicted octanol–water partition coefficient (Wildman–Crippen LogP) is 3.13. The second-order valence-corrected chi connectivity index (χ2v) is 6.31. The summed E-state index contributed by atoms with van der Waals surface area (Å²) in [5.41, 5.74) is -0.0285. The molecule has 0 N–H and O–H groups in total. The molecule has 0 bridgehead atoms. The van der Waals surface area contributed by atoms with Crippen molar-refractivity contribution in [1.29, 1.82) is 0 Å². The third-order valence-corrected chi connectivity index (χ3v) is 4.44. The van der Waals surface area contributed by atoms with Crippen LogP contribution >= 0.6 is 11.6 Å². The fraction of sp³-hybridized carbons (Fsp3) is 0.643. The summed E-state index contributed by atoms with van der Waals surface area (Å²) in [4.78, 5) is 8.43. The van der Waals surface area contributed by atoms with E-state index in [1.54, 1.807) is 0 Å². The third-order valence-electron chi connectivity index (χ3n) is 4.24. The lowest BCUT2D eigenvalue weighted by molar-refractivity contribution is -0.0337. The Morgan fingerprint density at radius 1 is 1.40 bits per heavy atom. The van der Waals surface area contributed by atoms with E-state index in [0.717, 1.165) is 13.1 Å². The molecule has 1 fully saturated rings. The second-order valence-electron chi connectivity index (χ2n) is 5.87. The minimum Gasteiger partial charge on any atom is -0.350 e. The van der Waals surface area contributed by atoms with Crippen LogP contribution in [0.15, 0.2) is 12.3 Å². The van der Waals surface area contributed by atoms with Crippen molar-refractivity contribution in [2.24, 2.45) is 0 Å². The van der Waals surface area contributed by atoms with Crippen molar-refractivity contribution in [3.05, 3.63) is 22.8 Å². The first-order chi connectivity index (χ1) is 9.38. The topological polar surface area (TPSA) is 19.4 Å². The maximum atomic E-state index is 14.3. The molecule has 0 spiro atoms. The molecule has 3 nitrogen and oxygen atoms in total. The van der Waals surface area contributed by atoms with Crippen LogP contribution in [-0.4, -0.2) is 41.6 Å². The molecule has 2 aliphatic rings. The van der Waals surface area contributed by atoms with Crippen LogP contribution in [-0.2, 0) is 5.92 Å². The van der Waals surface area contributed by atoms with E-state index < -0.39 is 5.92 Å². The average Bonchev–Trinajstić information content (AvgIpc) is 2.37. The van der Waals surface area contributed by atoms with Crippen LogP contribution in [0.4, 0.5) is 14.6 Å². The van der Waals surface area contributed by atoms with Gasteiger partial charge in [-0.1, -0.05) is 11.6 Å². The molecule has 2 aliphatic heterocycles. The molecule has 0 unspecified atom stereocenters. The van der Waals surface area contributed by atoms with Crippen molar-refractivity contribution in [2.75, 3.05) is 24.5 Å². The zero-order valence-corrected chi connectivity index (χ0v) is 12.4. The van der Waals surface area contributed by atoms with Crippen molar-refractivity contribution < 1.29 is 8.78 Å². The fourth-order valence-corrected chi connectivity index (χ4v) is 3.30. The molecule has 0 radical (unpaired) electrons. The van der Waals surface area contributed by atoms with Crippen molar-refractivity contribution in [1.82, 2.24) is 9.88 Å². The first-order valence-electron chi connectivity index (χ1n) is 6.93. The zero-order valence-electron chi connectivity index (χ0n) is 11.6. The van der Waals surface area contributed by atoms with Crippen molar-refractivity contribution in [3.8, 4) is 0 Å². The Hall–Kier alpha value is -0.940. The highest BCUT2D eigenvalue weighted by Crippen LogP contribution is 2.45. The van der Waals surface area contributed by atoms with Gasteiger partial charge in [0.25, 0.3) is 5.92 Å². The summed E-state index contributed by atoms with van der Waals surface area (Å²) in [5.74, 6) is -2.45. The number of halogens is 3. The minimum absolute atomic E-state index is 0.0285. The monoisotopic (exact) mass is 301 g/mol. The Balaban J connectivity index is 1.96. The largest absolute Gasteiger partial charge is 0.350 e. The molecule has 0 saturated carbocycles. The van der Waals surface area contributed by atoms with Crippen LogP contribution in [0.2, 0.25) is 5.02 Å². The van der Waals surface area contributed by atoms with Gasteiger partial charge in [-0.25, -0.2) is 13.8 Å². The Kier molecular flexibility index (Phi) is 3.37. The van der Waals surface area contributed by atoms with E-state index >= 15 is 0 Å². The number of anilines is 1. The van der Waals surface area contributed by atoms with Gasteiger partial charge in [-0.2, -0.15) is 0 Å². The van der Waals surface area contributed by atoms with E-state index in [-0.39, 0.29) is 23.0 Å². The third kappa shape index (κ3) is 2.27. The molecule has 1 aromatic heterocycles. The summed E-state index contributed by atoms with van der Waals surface area (Å²) in [6.45, 7) is 6.48. The van der Waals surface area contributed by atoms with E-state index in [9.17, 15) is 8.78 Å². The SMILES string of the molecule is CC(C)N1CCN2c3ncc(Cl)cc3C(F)(F)C[C@H]2C1. The van der Waals surface area contributed by atoms with Crippen molar-refractivity contribution in [2.45, 2.75) is 38.3 Å². The summed E-state index contributed by atoms with van der Waals surface area (Å²) >= 11 is 5.82. The van der Waals surface area contributed by atoms with Gasteiger partial charge in [0.1, 0.15) is 5.82 Å². The first-order valence-corrected chi connectivity index (χ1v) is 7.31. The quantitative estimate of drug-likeness (QED) is 0.794. The van der Waals surface area contributed by atoms with E-state index in [1.807, 2.05) is 4.90 Å². The lowest BCUT2D eigenvalue weighted by Gasteiger charge is -2.48. The van der Waals surface area contributed by atoms with Crippen molar-refractivity contribution in [3.63, 3.8) is 0 Å². The van der Waals surface area contributed by atoms with Gasteiger partial charge in [0, 0.05) is 44.3 Å². The van der Waals surface area contributed by atoms with E-state index in [0.29, 0.717) is 18.4 Å². The molecule has 1 atom stereocenters. The van der Waals surface area contributed by atoms with Gasteiger partial charge in [0.05, 0.1) is 10.6 Å². The van der Waals surface area contributed by atoms with Crippen LogP contribution in [0.25, 0.3) is 0 Å². The highest BCUT2D eigenvalue weighted by atomic mass is 35.5. The summed E-state index contributed by atoms with van der Waals surface area (Å²) in [6.07, 6.45) is 1.29. The van der Waals surface area contributed by atoms with Crippen molar-refractivity contribution >= 4 is 17.4 Å². The van der Waals surface area contributed by atoms with E-state index in [4.69, 9.17) is 11.6 Å². The number of hydrogen-bond acceptors (Lipinski definition) is 3. The second kappa shape index (κ2) is 4.81. The normalized spacial score (nSPS) is 25.5. The Labute approximate surface area is 122 Å². The molecule has 0 aliphatic carbocycles.